The maximum absolute atomic E-state index is 13.0. The number of carbonyl (C=O) groups excluding carboxylic acids is 1. The fraction of sp³-hybridized carbons (Fsp3) is 0.375. The molecule has 1 fully saturated rings. The molecule has 5 rings (SSSR count). The lowest BCUT2D eigenvalue weighted by atomic mass is 9.74. The van der Waals surface area contributed by atoms with Crippen molar-refractivity contribution in [3.8, 4) is 23.1 Å². The van der Waals surface area contributed by atoms with Gasteiger partial charge in [-0.1, -0.05) is 44.2 Å². The number of aryl methyl sites for hydroxylation is 1. The van der Waals surface area contributed by atoms with Crippen LogP contribution in [0.4, 0.5) is 0 Å². The number of H-pyrrole nitrogens is 1. The number of ether oxygens (including phenoxy) is 1. The van der Waals surface area contributed by atoms with E-state index in [-0.39, 0.29) is 23.8 Å². The Morgan fingerprint density at radius 1 is 0.976 bits per heavy atom. The summed E-state index contributed by atoms with van der Waals surface area (Å²) in [6.45, 7) is 5.77. The molecule has 1 aliphatic rings. The Morgan fingerprint density at radius 3 is 2.27 bits per heavy atom. The topological polar surface area (TPSA) is 113 Å². The molecule has 0 unspecified atom stereocenters. The molecule has 2 aromatic heterocycles. The number of nitriles is 1. The first-order valence-corrected chi connectivity index (χ1v) is 14.2. The monoisotopic (exact) mass is 553 g/mol. The zero-order valence-corrected chi connectivity index (χ0v) is 23.6. The molecule has 0 bridgehead atoms. The summed E-state index contributed by atoms with van der Waals surface area (Å²) in [5.41, 5.74) is 2.43. The van der Waals surface area contributed by atoms with Crippen LogP contribution in [0.25, 0.3) is 22.3 Å². The first-order chi connectivity index (χ1) is 19.9. The minimum absolute atomic E-state index is 0.0864. The van der Waals surface area contributed by atoms with Gasteiger partial charge in [-0.3, -0.25) is 18.7 Å². The highest BCUT2D eigenvalue weighted by Gasteiger charge is 2.37. The van der Waals surface area contributed by atoms with E-state index >= 15 is 0 Å². The van der Waals surface area contributed by atoms with E-state index in [4.69, 9.17) is 4.74 Å². The highest BCUT2D eigenvalue weighted by Crippen LogP contribution is 2.35. The van der Waals surface area contributed by atoms with Crippen LogP contribution in [0.2, 0.25) is 0 Å². The summed E-state index contributed by atoms with van der Waals surface area (Å²) >= 11 is 0. The Kier molecular flexibility index (Phi) is 8.11. The van der Waals surface area contributed by atoms with E-state index in [9.17, 15) is 19.6 Å². The van der Waals surface area contributed by atoms with Gasteiger partial charge in [0, 0.05) is 31.9 Å². The van der Waals surface area contributed by atoms with Gasteiger partial charge in [0.15, 0.2) is 6.61 Å². The van der Waals surface area contributed by atoms with Gasteiger partial charge in [0.1, 0.15) is 11.3 Å². The normalized spacial score (nSPS) is 14.6. The van der Waals surface area contributed by atoms with Gasteiger partial charge in [0.25, 0.3) is 11.5 Å². The van der Waals surface area contributed by atoms with Crippen LogP contribution >= 0.6 is 0 Å². The molecule has 0 saturated carbocycles. The van der Waals surface area contributed by atoms with Crippen LogP contribution in [0.5, 0.6) is 5.75 Å². The van der Waals surface area contributed by atoms with Crippen molar-refractivity contribution >= 4 is 16.9 Å². The summed E-state index contributed by atoms with van der Waals surface area (Å²) in [5, 5.41) is 9.90. The Labute approximate surface area is 238 Å². The van der Waals surface area contributed by atoms with Gasteiger partial charge in [-0.2, -0.15) is 5.26 Å². The van der Waals surface area contributed by atoms with Gasteiger partial charge in [0.05, 0.1) is 17.0 Å². The summed E-state index contributed by atoms with van der Waals surface area (Å²) in [4.78, 5) is 43.9. The molecular weight excluding hydrogens is 518 g/mol. The summed E-state index contributed by atoms with van der Waals surface area (Å²) < 4.78 is 8.76. The molecule has 212 valence electrons. The second-order valence-electron chi connectivity index (χ2n) is 10.6. The van der Waals surface area contributed by atoms with Gasteiger partial charge < -0.3 is 14.6 Å². The third-order valence-corrected chi connectivity index (χ3v) is 7.94. The number of nitrogens with zero attached hydrogens (tertiary/aromatic N) is 4. The van der Waals surface area contributed by atoms with Crippen molar-refractivity contribution in [3.63, 3.8) is 0 Å². The second-order valence-corrected chi connectivity index (χ2v) is 10.6. The van der Waals surface area contributed by atoms with Crippen LogP contribution in [-0.2, 0) is 23.3 Å². The third kappa shape index (κ3) is 5.42. The molecule has 41 heavy (non-hydrogen) atoms. The largest absolute Gasteiger partial charge is 0.484 e. The number of aromatic nitrogens is 3. The van der Waals surface area contributed by atoms with Gasteiger partial charge in [0.2, 0.25) is 0 Å². The molecule has 3 heterocycles. The van der Waals surface area contributed by atoms with Crippen molar-refractivity contribution < 1.29 is 9.53 Å². The average Bonchev–Trinajstić information content (AvgIpc) is 3.46. The summed E-state index contributed by atoms with van der Waals surface area (Å²) in [6, 6.07) is 21.4. The summed E-state index contributed by atoms with van der Waals surface area (Å²) in [6.07, 6.45) is 2.65. The lowest BCUT2D eigenvalue weighted by Gasteiger charge is -2.37. The van der Waals surface area contributed by atoms with E-state index in [1.165, 1.54) is 4.57 Å². The van der Waals surface area contributed by atoms with Crippen LogP contribution < -0.4 is 16.0 Å². The summed E-state index contributed by atoms with van der Waals surface area (Å²) in [5.74, 6) is 0.445. The molecule has 1 aliphatic heterocycles. The maximum atomic E-state index is 13.0. The number of rotatable bonds is 9. The molecular formula is C32H35N5O4. The predicted octanol–water partition coefficient (Wildman–Crippen LogP) is 4.44. The fourth-order valence-corrected chi connectivity index (χ4v) is 5.63. The van der Waals surface area contributed by atoms with Crippen LogP contribution in [0.3, 0.4) is 0 Å². The number of amides is 1. The molecule has 0 atom stereocenters. The van der Waals surface area contributed by atoms with Crippen LogP contribution in [0.15, 0.2) is 70.3 Å². The van der Waals surface area contributed by atoms with E-state index in [1.807, 2.05) is 62.4 Å². The van der Waals surface area contributed by atoms with E-state index in [0.717, 1.165) is 23.2 Å². The van der Waals surface area contributed by atoms with Gasteiger partial charge in [-0.15, -0.1) is 0 Å². The van der Waals surface area contributed by atoms with Gasteiger partial charge in [-0.05, 0) is 67.1 Å². The third-order valence-electron chi connectivity index (χ3n) is 7.94. The highest BCUT2D eigenvalue weighted by atomic mass is 16.5. The molecule has 1 saturated heterocycles. The number of benzene rings is 2. The second kappa shape index (κ2) is 11.9. The molecule has 0 spiro atoms. The molecule has 0 radical (unpaired) electrons. The number of hydrogen-bond acceptors (Lipinski definition) is 5. The van der Waals surface area contributed by atoms with E-state index in [0.29, 0.717) is 62.2 Å². The molecule has 9 heteroatoms. The van der Waals surface area contributed by atoms with Crippen LogP contribution in [-0.4, -0.2) is 44.6 Å². The Balaban J connectivity index is 1.26. The Hall–Kier alpha value is -4.58. The first-order valence-electron chi connectivity index (χ1n) is 14.2. The van der Waals surface area contributed by atoms with Crippen molar-refractivity contribution in [2.75, 3.05) is 19.7 Å². The number of carbonyl (C=O) groups is 1. The van der Waals surface area contributed by atoms with Crippen LogP contribution in [0, 0.1) is 11.3 Å². The van der Waals surface area contributed by atoms with E-state index in [1.54, 1.807) is 21.6 Å². The average molecular weight is 554 g/mol. The molecule has 1 N–H and O–H groups in total. The van der Waals surface area contributed by atoms with Crippen LogP contribution in [0.1, 0.15) is 45.1 Å². The molecule has 1 amide bonds. The lowest BCUT2D eigenvalue weighted by Crippen LogP contribution is -2.46. The zero-order valence-electron chi connectivity index (χ0n) is 23.6. The Bertz CT molecular complexity index is 1680. The maximum Gasteiger partial charge on any atom is 0.331 e. The molecule has 4 aromatic rings. The number of likely N-dealkylation sites (tertiary alicyclic amines) is 1. The number of piperidine rings is 1. The lowest BCUT2D eigenvalue weighted by molar-refractivity contribution is -0.134. The number of fused-ring (bicyclic) bond motifs is 1. The first kappa shape index (κ1) is 28.0. The SMILES string of the molecule is CCCn1c(=O)c2[nH]c(-c3ccc(OCC(=O)N4CCC(C#N)(c5ccccc5)CC4)cc3)cc2n(CCC)c1=O. The standard InChI is InChI=1S/C32H35N5O4/c1-3-16-36-27-20-26(34-29(27)30(39)37(17-4-2)31(36)40)23-10-12-25(13-11-23)41-21-28(38)35-18-14-32(22-33,15-19-35)24-8-6-5-7-9-24/h5-13,20,34H,3-4,14-19,21H2,1-2H3. The van der Waals surface area contributed by atoms with Crippen molar-refractivity contribution in [2.45, 2.75) is 58.0 Å². The molecule has 9 nitrogen and oxygen atoms in total. The van der Waals surface area contributed by atoms with Gasteiger partial charge >= 0.3 is 5.69 Å². The van der Waals surface area contributed by atoms with Gasteiger partial charge in [-0.25, -0.2) is 4.79 Å². The highest BCUT2D eigenvalue weighted by molar-refractivity contribution is 5.82. The fourth-order valence-electron chi connectivity index (χ4n) is 5.63. The smallest absolute Gasteiger partial charge is 0.331 e. The van der Waals surface area contributed by atoms with E-state index < -0.39 is 5.41 Å². The number of nitrogens with one attached hydrogen (secondary N) is 1. The minimum atomic E-state index is -0.564. The quantitative estimate of drug-likeness (QED) is 0.329. The van der Waals surface area contributed by atoms with Crippen molar-refractivity contribution in [1.29, 1.82) is 5.26 Å². The predicted molar refractivity (Wildman–Crippen MR) is 158 cm³/mol. The number of hydrogen-bond donors (Lipinski definition) is 1. The minimum Gasteiger partial charge on any atom is -0.484 e. The van der Waals surface area contributed by atoms with E-state index in [2.05, 4.69) is 11.1 Å². The number of aromatic amines is 1. The van der Waals surface area contributed by atoms with Crippen molar-refractivity contribution in [2.24, 2.45) is 0 Å². The van der Waals surface area contributed by atoms with Crippen molar-refractivity contribution in [1.82, 2.24) is 19.0 Å². The zero-order chi connectivity index (χ0) is 29.0. The molecule has 0 aliphatic carbocycles. The summed E-state index contributed by atoms with van der Waals surface area (Å²) in [7, 11) is 0. The molecule has 2 aromatic carbocycles. The van der Waals surface area contributed by atoms with Crippen molar-refractivity contribution in [3.05, 3.63) is 87.1 Å². The Morgan fingerprint density at radius 2 is 1.63 bits per heavy atom.